The lowest BCUT2D eigenvalue weighted by molar-refractivity contribution is -0.117. The van der Waals surface area contributed by atoms with Gasteiger partial charge in [0.1, 0.15) is 0 Å². The Morgan fingerprint density at radius 1 is 1.08 bits per heavy atom. The average Bonchev–Trinajstić information content (AvgIpc) is 3.43. The number of nitrogens with one attached hydrogen (secondary N) is 2. The van der Waals surface area contributed by atoms with E-state index in [1.807, 2.05) is 0 Å². The first-order valence-corrected chi connectivity index (χ1v) is 9.15. The molecule has 0 atom stereocenters. The van der Waals surface area contributed by atoms with Crippen molar-refractivity contribution in [3.8, 4) is 0 Å². The van der Waals surface area contributed by atoms with Crippen molar-refractivity contribution in [3.63, 3.8) is 0 Å². The molecule has 1 aliphatic carbocycles. The van der Waals surface area contributed by atoms with Crippen molar-refractivity contribution in [2.75, 3.05) is 10.6 Å². The molecule has 2 N–H and O–H groups in total. The Balaban J connectivity index is 1.70. The van der Waals surface area contributed by atoms with Gasteiger partial charge in [0.15, 0.2) is 0 Å². The van der Waals surface area contributed by atoms with Gasteiger partial charge in [0.2, 0.25) is 5.91 Å². The summed E-state index contributed by atoms with van der Waals surface area (Å²) in [5.74, 6) is -3.04. The van der Waals surface area contributed by atoms with Crippen LogP contribution in [0.1, 0.15) is 23.2 Å². The molecule has 0 unspecified atom stereocenters. The number of alkyl halides is 2. The minimum Gasteiger partial charge on any atom is -0.326 e. The van der Waals surface area contributed by atoms with Crippen LogP contribution in [-0.2, 0) is 4.79 Å². The number of carbonyl (C=O) groups is 2. The van der Waals surface area contributed by atoms with Crippen LogP contribution < -0.4 is 10.6 Å². The monoisotopic (exact) mass is 396 g/mol. The topological polar surface area (TPSA) is 58.2 Å². The summed E-state index contributed by atoms with van der Waals surface area (Å²) in [6, 6.07) is 10.9. The minimum atomic E-state index is -2.65. The molecule has 1 saturated carbocycles. The van der Waals surface area contributed by atoms with Crippen molar-refractivity contribution in [1.82, 2.24) is 0 Å². The van der Waals surface area contributed by atoms with E-state index >= 15 is 0 Å². The van der Waals surface area contributed by atoms with Crippen LogP contribution in [0, 0.1) is 5.92 Å². The number of hydrogen-bond donors (Lipinski definition) is 2. The second-order valence-electron chi connectivity index (χ2n) is 5.79. The van der Waals surface area contributed by atoms with Gasteiger partial charge in [-0.3, -0.25) is 9.59 Å². The van der Waals surface area contributed by atoms with Gasteiger partial charge in [0.25, 0.3) is 11.7 Å². The number of benzene rings is 2. The maximum Gasteiger partial charge on any atom is 0.289 e. The van der Waals surface area contributed by atoms with E-state index < -0.39 is 11.7 Å². The summed E-state index contributed by atoms with van der Waals surface area (Å²) in [6.07, 6.45) is 1.82. The van der Waals surface area contributed by atoms with Gasteiger partial charge in [-0.25, -0.2) is 0 Å². The Kier molecular flexibility index (Phi) is 5.78. The molecule has 3 rings (SSSR count). The van der Waals surface area contributed by atoms with Crippen molar-refractivity contribution in [1.29, 1.82) is 0 Å². The molecule has 2 aromatic rings. The Labute approximate surface area is 158 Å². The van der Waals surface area contributed by atoms with Crippen molar-refractivity contribution in [2.24, 2.45) is 5.92 Å². The van der Waals surface area contributed by atoms with Crippen molar-refractivity contribution in [3.05, 3.63) is 53.1 Å². The van der Waals surface area contributed by atoms with E-state index in [2.05, 4.69) is 10.6 Å². The van der Waals surface area contributed by atoms with Gasteiger partial charge in [-0.1, -0.05) is 29.4 Å². The molecule has 0 bridgehead atoms. The SMILES string of the molecule is O=C(Nc1cccc(Cl)c1SC(F)F)c1ccc(NC(=O)C2CC2)cc1. The molecule has 0 aromatic heterocycles. The molecule has 0 aliphatic heterocycles. The van der Waals surface area contributed by atoms with E-state index in [1.54, 1.807) is 30.3 Å². The van der Waals surface area contributed by atoms with E-state index in [1.165, 1.54) is 12.1 Å². The zero-order chi connectivity index (χ0) is 18.7. The lowest BCUT2D eigenvalue weighted by Crippen LogP contribution is -2.15. The van der Waals surface area contributed by atoms with Crippen molar-refractivity contribution >= 4 is 46.6 Å². The minimum absolute atomic E-state index is 0.0187. The van der Waals surface area contributed by atoms with Crippen LogP contribution in [0.15, 0.2) is 47.4 Å². The number of hydrogen-bond acceptors (Lipinski definition) is 3. The molecule has 26 heavy (non-hydrogen) atoms. The highest BCUT2D eigenvalue weighted by molar-refractivity contribution is 7.99. The lowest BCUT2D eigenvalue weighted by Gasteiger charge is -2.12. The molecular formula is C18H15ClF2N2O2S. The summed E-state index contributed by atoms with van der Waals surface area (Å²) in [6.45, 7) is 0. The first kappa shape index (κ1) is 18.7. The molecular weight excluding hydrogens is 382 g/mol. The quantitative estimate of drug-likeness (QED) is 0.655. The Morgan fingerprint density at radius 3 is 2.38 bits per heavy atom. The summed E-state index contributed by atoms with van der Waals surface area (Å²) in [4.78, 5) is 24.2. The number of halogens is 3. The van der Waals surface area contributed by atoms with Crippen molar-refractivity contribution in [2.45, 2.75) is 23.5 Å². The van der Waals surface area contributed by atoms with Gasteiger partial charge < -0.3 is 10.6 Å². The summed E-state index contributed by atoms with van der Waals surface area (Å²) in [7, 11) is 0. The third kappa shape index (κ3) is 4.74. The molecule has 0 radical (unpaired) electrons. The van der Waals surface area contributed by atoms with Crippen LogP contribution in [0.3, 0.4) is 0 Å². The van der Waals surface area contributed by atoms with Crippen LogP contribution in [0.2, 0.25) is 5.02 Å². The highest BCUT2D eigenvalue weighted by Crippen LogP contribution is 2.37. The Morgan fingerprint density at radius 2 is 1.77 bits per heavy atom. The summed E-state index contributed by atoms with van der Waals surface area (Å²) >= 11 is 6.24. The zero-order valence-corrected chi connectivity index (χ0v) is 15.0. The zero-order valence-electron chi connectivity index (χ0n) is 13.5. The molecule has 1 aliphatic rings. The van der Waals surface area contributed by atoms with Crippen LogP contribution in [0.4, 0.5) is 20.2 Å². The molecule has 136 valence electrons. The standard InChI is InChI=1S/C18H15ClF2N2O2S/c19-13-2-1-3-14(15(13)26-18(20)21)23-17(25)11-6-8-12(9-7-11)22-16(24)10-4-5-10/h1-3,6-10,18H,4-5H2,(H,22,24)(H,23,25). The Bertz CT molecular complexity index is 826. The molecule has 0 saturated heterocycles. The van der Waals surface area contributed by atoms with Gasteiger partial charge in [0, 0.05) is 17.2 Å². The fourth-order valence-corrected chi connectivity index (χ4v) is 3.22. The van der Waals surface area contributed by atoms with E-state index in [9.17, 15) is 18.4 Å². The predicted octanol–water partition coefficient (Wildman–Crippen LogP) is 5.26. The maximum atomic E-state index is 12.7. The van der Waals surface area contributed by atoms with Crippen LogP contribution in [0.5, 0.6) is 0 Å². The maximum absolute atomic E-state index is 12.7. The molecule has 2 amide bonds. The first-order chi connectivity index (χ1) is 12.4. The number of thioether (sulfide) groups is 1. The molecule has 8 heteroatoms. The summed E-state index contributed by atoms with van der Waals surface area (Å²) in [5.41, 5.74) is 1.16. The predicted molar refractivity (Wildman–Crippen MR) is 99.1 cm³/mol. The second-order valence-corrected chi connectivity index (χ2v) is 7.20. The summed E-state index contributed by atoms with van der Waals surface area (Å²) < 4.78 is 25.4. The molecule has 0 spiro atoms. The van der Waals surface area contributed by atoms with Gasteiger partial charge in [0.05, 0.1) is 15.6 Å². The number of amides is 2. The van der Waals surface area contributed by atoms with Crippen LogP contribution >= 0.6 is 23.4 Å². The number of rotatable bonds is 6. The summed E-state index contributed by atoms with van der Waals surface area (Å²) in [5, 5.41) is 5.52. The van der Waals surface area contributed by atoms with E-state index in [0.717, 1.165) is 12.8 Å². The second kappa shape index (κ2) is 8.05. The van der Waals surface area contributed by atoms with Crippen LogP contribution in [-0.4, -0.2) is 17.6 Å². The van der Waals surface area contributed by atoms with Gasteiger partial charge in [-0.05, 0) is 49.2 Å². The van der Waals surface area contributed by atoms with Gasteiger partial charge in [-0.2, -0.15) is 8.78 Å². The normalized spacial score (nSPS) is 13.5. The third-order valence-corrected chi connectivity index (χ3v) is 5.07. The molecule has 2 aromatic carbocycles. The third-order valence-electron chi connectivity index (χ3n) is 3.78. The molecule has 0 heterocycles. The molecule has 1 fully saturated rings. The largest absolute Gasteiger partial charge is 0.326 e. The van der Waals surface area contributed by atoms with Crippen LogP contribution in [0.25, 0.3) is 0 Å². The fourth-order valence-electron chi connectivity index (χ4n) is 2.31. The highest BCUT2D eigenvalue weighted by Gasteiger charge is 2.29. The molecule has 4 nitrogen and oxygen atoms in total. The highest BCUT2D eigenvalue weighted by atomic mass is 35.5. The lowest BCUT2D eigenvalue weighted by atomic mass is 10.2. The fraction of sp³-hybridized carbons (Fsp3) is 0.222. The smallest absolute Gasteiger partial charge is 0.289 e. The number of carbonyl (C=O) groups excluding carboxylic acids is 2. The Hall–Kier alpha value is -2.12. The van der Waals surface area contributed by atoms with E-state index in [-0.39, 0.29) is 39.2 Å². The average molecular weight is 397 g/mol. The van der Waals surface area contributed by atoms with Gasteiger partial charge in [-0.15, -0.1) is 0 Å². The van der Waals surface area contributed by atoms with Crippen molar-refractivity contribution < 1.29 is 18.4 Å². The van der Waals surface area contributed by atoms with E-state index in [4.69, 9.17) is 11.6 Å². The van der Waals surface area contributed by atoms with Gasteiger partial charge >= 0.3 is 0 Å². The number of anilines is 2. The van der Waals surface area contributed by atoms with E-state index in [0.29, 0.717) is 11.3 Å². The first-order valence-electron chi connectivity index (χ1n) is 7.89.